The van der Waals surface area contributed by atoms with E-state index in [1.54, 1.807) is 4.68 Å². The number of nitrogens with one attached hydrogen (secondary N) is 1. The number of hydrogen-bond acceptors (Lipinski definition) is 4. The molecule has 6 nitrogen and oxygen atoms in total. The number of nitrogens with zero attached hydrogens (tertiary/aromatic N) is 5. The van der Waals surface area contributed by atoms with Crippen molar-refractivity contribution in [1.29, 1.82) is 0 Å². The third kappa shape index (κ3) is 2.81. The molecule has 1 N–H and O–H groups in total. The van der Waals surface area contributed by atoms with Crippen LogP contribution in [0, 0.1) is 12.8 Å². The van der Waals surface area contributed by atoms with Gasteiger partial charge in [-0.2, -0.15) is 15.1 Å². The Morgan fingerprint density at radius 2 is 2.00 bits per heavy atom. The van der Waals surface area contributed by atoms with Gasteiger partial charge in [-0.15, -0.1) is 0 Å². The van der Waals surface area contributed by atoms with Crippen LogP contribution in [0.3, 0.4) is 0 Å². The lowest BCUT2D eigenvalue weighted by atomic mass is 10.1. The molecule has 0 saturated carbocycles. The highest BCUT2D eigenvalue weighted by atomic mass is 15.4. The minimum absolute atomic E-state index is 0.592. The summed E-state index contributed by atoms with van der Waals surface area (Å²) >= 11 is 0. The third-order valence-corrected chi connectivity index (χ3v) is 3.65. The molecular formula is C16H22N6. The Hall–Kier alpha value is -2.37. The summed E-state index contributed by atoms with van der Waals surface area (Å²) in [6.07, 6.45) is 5.00. The fraction of sp³-hybridized carbons (Fsp3) is 0.438. The van der Waals surface area contributed by atoms with Crippen molar-refractivity contribution in [3.63, 3.8) is 0 Å². The van der Waals surface area contributed by atoms with E-state index in [0.717, 1.165) is 35.5 Å². The number of fused-ring (bicyclic) bond motifs is 1. The molecule has 0 amide bonds. The van der Waals surface area contributed by atoms with E-state index in [1.165, 1.54) is 0 Å². The molecule has 3 aromatic heterocycles. The van der Waals surface area contributed by atoms with Crippen LogP contribution in [0.2, 0.25) is 0 Å². The average Bonchev–Trinajstić information content (AvgIpc) is 3.05. The van der Waals surface area contributed by atoms with Crippen molar-refractivity contribution in [2.24, 2.45) is 13.0 Å². The molecular weight excluding hydrogens is 276 g/mol. The fourth-order valence-electron chi connectivity index (χ4n) is 2.37. The average molecular weight is 298 g/mol. The Bertz CT molecular complexity index is 783. The number of aromatic nitrogens is 5. The van der Waals surface area contributed by atoms with Crippen molar-refractivity contribution in [1.82, 2.24) is 24.3 Å². The zero-order chi connectivity index (χ0) is 15.7. The molecule has 0 aromatic carbocycles. The lowest BCUT2D eigenvalue weighted by Gasteiger charge is -2.10. The first-order valence-corrected chi connectivity index (χ1v) is 7.64. The number of aryl methyl sites for hydroxylation is 2. The fourth-order valence-corrected chi connectivity index (χ4v) is 2.37. The molecule has 3 heterocycles. The SMILES string of the molecule is Cc1ccn(-c2nc(NCCC(C)C)c3ccn(C)c3n2)n1. The van der Waals surface area contributed by atoms with Crippen LogP contribution in [-0.4, -0.2) is 30.9 Å². The first-order valence-electron chi connectivity index (χ1n) is 7.64. The van der Waals surface area contributed by atoms with Crippen LogP contribution in [0.5, 0.6) is 0 Å². The summed E-state index contributed by atoms with van der Waals surface area (Å²) in [5, 5.41) is 8.89. The zero-order valence-corrected chi connectivity index (χ0v) is 13.5. The Balaban J connectivity index is 2.01. The maximum atomic E-state index is 4.66. The van der Waals surface area contributed by atoms with Gasteiger partial charge in [-0.25, -0.2) is 4.68 Å². The van der Waals surface area contributed by atoms with Crippen LogP contribution in [-0.2, 0) is 7.05 Å². The normalized spacial score (nSPS) is 11.5. The molecule has 0 spiro atoms. The van der Waals surface area contributed by atoms with Crippen molar-refractivity contribution in [3.8, 4) is 5.95 Å². The lowest BCUT2D eigenvalue weighted by molar-refractivity contribution is 0.606. The summed E-state index contributed by atoms with van der Waals surface area (Å²) in [6.45, 7) is 7.30. The minimum Gasteiger partial charge on any atom is -0.369 e. The van der Waals surface area contributed by atoms with Gasteiger partial charge in [-0.1, -0.05) is 13.8 Å². The minimum atomic E-state index is 0.592. The van der Waals surface area contributed by atoms with Crippen LogP contribution >= 0.6 is 0 Å². The van der Waals surface area contributed by atoms with Gasteiger partial charge in [-0.05, 0) is 31.4 Å². The highest BCUT2D eigenvalue weighted by molar-refractivity contribution is 5.88. The van der Waals surface area contributed by atoms with Gasteiger partial charge in [0.15, 0.2) is 0 Å². The topological polar surface area (TPSA) is 60.6 Å². The molecule has 3 aromatic rings. The quantitative estimate of drug-likeness (QED) is 0.787. The molecule has 116 valence electrons. The van der Waals surface area contributed by atoms with Gasteiger partial charge in [0, 0.05) is 26.0 Å². The molecule has 6 heteroatoms. The van der Waals surface area contributed by atoms with Gasteiger partial charge in [0.2, 0.25) is 0 Å². The predicted molar refractivity (Wildman–Crippen MR) is 88.3 cm³/mol. The highest BCUT2D eigenvalue weighted by Gasteiger charge is 2.12. The molecule has 0 aliphatic rings. The van der Waals surface area contributed by atoms with Crippen molar-refractivity contribution in [2.75, 3.05) is 11.9 Å². The number of anilines is 1. The van der Waals surface area contributed by atoms with E-state index in [-0.39, 0.29) is 0 Å². The molecule has 0 saturated heterocycles. The van der Waals surface area contributed by atoms with E-state index in [2.05, 4.69) is 34.2 Å². The van der Waals surface area contributed by atoms with Crippen LogP contribution in [0.15, 0.2) is 24.5 Å². The molecule has 0 aliphatic heterocycles. The summed E-state index contributed by atoms with van der Waals surface area (Å²) in [5.74, 6) is 2.12. The summed E-state index contributed by atoms with van der Waals surface area (Å²) in [6, 6.07) is 4.00. The van der Waals surface area contributed by atoms with Gasteiger partial charge in [0.05, 0.1) is 11.1 Å². The third-order valence-electron chi connectivity index (χ3n) is 3.65. The molecule has 22 heavy (non-hydrogen) atoms. The summed E-state index contributed by atoms with van der Waals surface area (Å²) in [7, 11) is 1.99. The Kier molecular flexibility index (Phi) is 3.83. The van der Waals surface area contributed by atoms with Crippen molar-refractivity contribution in [2.45, 2.75) is 27.2 Å². The molecule has 3 rings (SSSR count). The van der Waals surface area contributed by atoms with E-state index in [4.69, 9.17) is 0 Å². The second-order valence-corrected chi connectivity index (χ2v) is 6.05. The van der Waals surface area contributed by atoms with E-state index in [9.17, 15) is 0 Å². The monoisotopic (exact) mass is 298 g/mol. The number of rotatable bonds is 5. The summed E-state index contributed by atoms with van der Waals surface area (Å²) < 4.78 is 3.72. The molecule has 0 unspecified atom stereocenters. The van der Waals surface area contributed by atoms with Crippen molar-refractivity contribution in [3.05, 3.63) is 30.2 Å². The largest absolute Gasteiger partial charge is 0.369 e. The van der Waals surface area contributed by atoms with Crippen LogP contribution < -0.4 is 5.32 Å². The van der Waals surface area contributed by atoms with Gasteiger partial charge < -0.3 is 9.88 Å². The number of hydrogen-bond donors (Lipinski definition) is 1. The van der Waals surface area contributed by atoms with Crippen LogP contribution in [0.4, 0.5) is 5.82 Å². The van der Waals surface area contributed by atoms with Crippen LogP contribution in [0.25, 0.3) is 17.0 Å². The van der Waals surface area contributed by atoms with Crippen LogP contribution in [0.1, 0.15) is 26.0 Å². The summed E-state index contributed by atoms with van der Waals surface area (Å²) in [4.78, 5) is 9.29. The molecule has 0 aliphatic carbocycles. The second-order valence-electron chi connectivity index (χ2n) is 6.05. The maximum absolute atomic E-state index is 4.66. The van der Waals surface area contributed by atoms with Gasteiger partial charge in [-0.3, -0.25) is 0 Å². The molecule has 0 radical (unpaired) electrons. The molecule has 0 bridgehead atoms. The standard InChI is InChI=1S/C16H22N6/c1-11(2)5-8-17-14-13-7-9-21(4)15(13)19-16(18-14)22-10-6-12(3)20-22/h6-7,9-11H,5,8H2,1-4H3,(H,17,18,19). The zero-order valence-electron chi connectivity index (χ0n) is 13.5. The lowest BCUT2D eigenvalue weighted by Crippen LogP contribution is -2.10. The van der Waals surface area contributed by atoms with E-state index in [1.807, 2.05) is 43.1 Å². The predicted octanol–water partition coefficient (Wildman–Crippen LogP) is 2.92. The summed E-state index contributed by atoms with van der Waals surface area (Å²) in [5.41, 5.74) is 1.86. The smallest absolute Gasteiger partial charge is 0.254 e. The highest BCUT2D eigenvalue weighted by Crippen LogP contribution is 2.22. The van der Waals surface area contributed by atoms with Crippen molar-refractivity contribution >= 4 is 16.9 Å². The second kappa shape index (κ2) is 5.79. The Morgan fingerprint density at radius 1 is 1.18 bits per heavy atom. The molecule has 0 atom stereocenters. The van der Waals surface area contributed by atoms with E-state index in [0.29, 0.717) is 11.9 Å². The first-order chi connectivity index (χ1) is 10.5. The Labute approximate surface area is 130 Å². The van der Waals surface area contributed by atoms with Crippen molar-refractivity contribution < 1.29 is 0 Å². The van der Waals surface area contributed by atoms with Gasteiger partial charge >= 0.3 is 0 Å². The van der Waals surface area contributed by atoms with Gasteiger partial charge in [0.25, 0.3) is 5.95 Å². The maximum Gasteiger partial charge on any atom is 0.254 e. The van der Waals surface area contributed by atoms with Gasteiger partial charge in [0.1, 0.15) is 11.5 Å². The van der Waals surface area contributed by atoms with E-state index < -0.39 is 0 Å². The molecule has 0 fully saturated rings. The Morgan fingerprint density at radius 3 is 2.68 bits per heavy atom. The van der Waals surface area contributed by atoms with E-state index >= 15 is 0 Å². The first kappa shape index (κ1) is 14.6.